The van der Waals surface area contributed by atoms with Crippen molar-refractivity contribution in [1.82, 2.24) is 0 Å². The molecule has 2 aliphatic rings. The second-order valence-electron chi connectivity index (χ2n) is 3.55. The average Bonchev–Trinajstić information content (AvgIpc) is 2.73. The van der Waals surface area contributed by atoms with Gasteiger partial charge in [-0.3, -0.25) is 4.79 Å². The van der Waals surface area contributed by atoms with Gasteiger partial charge in [0, 0.05) is 12.5 Å². The first-order chi connectivity index (χ1) is 7.18. The van der Waals surface area contributed by atoms with Crippen molar-refractivity contribution < 1.29 is 19.1 Å². The Labute approximate surface area is 87.5 Å². The molecule has 0 radical (unpaired) electrons. The van der Waals surface area contributed by atoms with Gasteiger partial charge < -0.3 is 9.47 Å². The highest BCUT2D eigenvalue weighted by molar-refractivity contribution is 5.95. The number of rotatable bonds is 2. The molecule has 1 atom stereocenters. The van der Waals surface area contributed by atoms with Gasteiger partial charge in [-0.05, 0) is 18.9 Å². The largest absolute Gasteiger partial charge is 0.458 e. The van der Waals surface area contributed by atoms with Crippen LogP contribution in [-0.4, -0.2) is 24.6 Å². The minimum atomic E-state index is -0.320. The fourth-order valence-electron chi connectivity index (χ4n) is 1.88. The summed E-state index contributed by atoms with van der Waals surface area (Å²) in [6, 6.07) is 0. The van der Waals surface area contributed by atoms with Gasteiger partial charge in [-0.1, -0.05) is 6.08 Å². The van der Waals surface area contributed by atoms with Crippen molar-refractivity contribution in [3.8, 4) is 0 Å². The second kappa shape index (κ2) is 3.88. The smallest absolute Gasteiger partial charge is 0.338 e. The molecule has 4 heteroatoms. The topological polar surface area (TPSA) is 52.6 Å². The van der Waals surface area contributed by atoms with Gasteiger partial charge in [0.2, 0.25) is 0 Å². The van der Waals surface area contributed by atoms with E-state index in [2.05, 4.69) is 0 Å². The third kappa shape index (κ3) is 1.93. The van der Waals surface area contributed by atoms with Gasteiger partial charge in [0.05, 0.1) is 5.57 Å². The van der Waals surface area contributed by atoms with Gasteiger partial charge in [0.15, 0.2) is 0 Å². The summed E-state index contributed by atoms with van der Waals surface area (Å²) in [5, 5.41) is 0. The van der Waals surface area contributed by atoms with E-state index in [0.717, 1.165) is 18.4 Å². The minimum Gasteiger partial charge on any atom is -0.458 e. The summed E-state index contributed by atoms with van der Waals surface area (Å²) >= 11 is 0. The van der Waals surface area contributed by atoms with E-state index in [0.29, 0.717) is 12.2 Å². The summed E-state index contributed by atoms with van der Waals surface area (Å²) in [6.07, 6.45) is 4.97. The van der Waals surface area contributed by atoms with Crippen LogP contribution in [0, 0.1) is 0 Å². The Bertz CT molecular complexity index is 365. The normalized spacial score (nSPS) is 24.6. The molecule has 0 saturated heterocycles. The molecular formula is C11H12O4. The van der Waals surface area contributed by atoms with Gasteiger partial charge in [0.1, 0.15) is 12.7 Å². The summed E-state index contributed by atoms with van der Waals surface area (Å²) < 4.78 is 9.95. The van der Waals surface area contributed by atoms with Crippen molar-refractivity contribution in [2.45, 2.75) is 25.9 Å². The van der Waals surface area contributed by atoms with Crippen molar-refractivity contribution >= 4 is 11.9 Å². The predicted octanol–water partition coefficient (Wildman–Crippen LogP) is 1.12. The van der Waals surface area contributed by atoms with E-state index >= 15 is 0 Å². The van der Waals surface area contributed by atoms with Crippen LogP contribution in [0.2, 0.25) is 0 Å². The Hall–Kier alpha value is -1.58. The Kier molecular flexibility index (Phi) is 2.58. The summed E-state index contributed by atoms with van der Waals surface area (Å²) in [7, 11) is 0. The van der Waals surface area contributed by atoms with E-state index in [9.17, 15) is 9.59 Å². The molecule has 0 amide bonds. The highest BCUT2D eigenvalue weighted by atomic mass is 16.5. The molecule has 0 fully saturated rings. The first kappa shape index (κ1) is 9.96. The van der Waals surface area contributed by atoms with Crippen LogP contribution in [0.15, 0.2) is 23.3 Å². The Morgan fingerprint density at radius 3 is 2.93 bits per heavy atom. The van der Waals surface area contributed by atoms with Gasteiger partial charge >= 0.3 is 11.9 Å². The number of carbonyl (C=O) groups is 2. The van der Waals surface area contributed by atoms with Crippen molar-refractivity contribution in [1.29, 1.82) is 0 Å². The second-order valence-corrected chi connectivity index (χ2v) is 3.55. The van der Waals surface area contributed by atoms with Gasteiger partial charge in [-0.15, -0.1) is 0 Å². The van der Waals surface area contributed by atoms with E-state index in [1.54, 1.807) is 6.08 Å². The number of cyclic esters (lactones) is 1. The number of ether oxygens (including phenoxy) is 2. The van der Waals surface area contributed by atoms with Crippen LogP contribution in [0.3, 0.4) is 0 Å². The van der Waals surface area contributed by atoms with Gasteiger partial charge in [0.25, 0.3) is 0 Å². The molecule has 1 heterocycles. The zero-order chi connectivity index (χ0) is 10.8. The van der Waals surface area contributed by atoms with Crippen molar-refractivity contribution in [3.63, 3.8) is 0 Å². The summed E-state index contributed by atoms with van der Waals surface area (Å²) in [5.41, 5.74) is 1.35. The summed E-state index contributed by atoms with van der Waals surface area (Å²) in [5.74, 6) is -0.639. The van der Waals surface area contributed by atoms with Crippen LogP contribution >= 0.6 is 0 Å². The third-order valence-electron chi connectivity index (χ3n) is 2.48. The molecule has 1 aliphatic carbocycles. The number of esters is 2. The van der Waals surface area contributed by atoms with E-state index in [-0.39, 0.29) is 18.0 Å². The highest BCUT2D eigenvalue weighted by Crippen LogP contribution is 2.30. The van der Waals surface area contributed by atoms with E-state index in [1.807, 2.05) is 6.08 Å². The monoisotopic (exact) mass is 208 g/mol. The lowest BCUT2D eigenvalue weighted by molar-refractivity contribution is -0.145. The van der Waals surface area contributed by atoms with Crippen LogP contribution < -0.4 is 0 Å². The number of allylic oxidation sites excluding steroid dienone is 1. The van der Waals surface area contributed by atoms with E-state index in [4.69, 9.17) is 9.47 Å². The lowest BCUT2D eigenvalue weighted by atomic mass is 10.0. The van der Waals surface area contributed by atoms with Crippen molar-refractivity contribution in [3.05, 3.63) is 23.3 Å². The quantitative estimate of drug-likeness (QED) is 0.638. The minimum absolute atomic E-state index is 0.278. The first-order valence-electron chi connectivity index (χ1n) is 4.93. The van der Waals surface area contributed by atoms with Crippen LogP contribution in [0.5, 0.6) is 0 Å². The molecule has 0 saturated carbocycles. The third-order valence-corrected chi connectivity index (χ3v) is 2.48. The molecule has 4 nitrogen and oxygen atoms in total. The molecule has 1 unspecified atom stereocenters. The van der Waals surface area contributed by atoms with Crippen LogP contribution in [-0.2, 0) is 19.1 Å². The molecule has 0 bridgehead atoms. The molecule has 0 spiro atoms. The lowest BCUT2D eigenvalue weighted by Crippen LogP contribution is -2.18. The van der Waals surface area contributed by atoms with Gasteiger partial charge in [-0.2, -0.15) is 0 Å². The standard InChI is InChI=1S/C11H12O4/c1-7(12)15-10-4-2-3-8(10)9-5-6-14-11(9)13/h3,5,10H,2,4,6H2,1H3. The molecule has 0 aromatic rings. The molecule has 0 aromatic heterocycles. The van der Waals surface area contributed by atoms with Gasteiger partial charge in [-0.25, -0.2) is 4.79 Å². The Morgan fingerprint density at radius 1 is 1.53 bits per heavy atom. The average molecular weight is 208 g/mol. The van der Waals surface area contributed by atoms with Crippen LogP contribution in [0.1, 0.15) is 19.8 Å². The highest BCUT2D eigenvalue weighted by Gasteiger charge is 2.30. The maximum atomic E-state index is 11.3. The molecule has 0 aromatic carbocycles. The maximum absolute atomic E-state index is 11.3. The Morgan fingerprint density at radius 2 is 2.33 bits per heavy atom. The molecule has 80 valence electrons. The fraction of sp³-hybridized carbons (Fsp3) is 0.455. The number of hydrogen-bond acceptors (Lipinski definition) is 4. The molecular weight excluding hydrogens is 196 g/mol. The zero-order valence-corrected chi connectivity index (χ0v) is 8.49. The molecule has 0 N–H and O–H groups in total. The zero-order valence-electron chi connectivity index (χ0n) is 8.49. The van der Waals surface area contributed by atoms with E-state index < -0.39 is 0 Å². The lowest BCUT2D eigenvalue weighted by Gasteiger charge is -2.14. The molecule has 2 rings (SSSR count). The van der Waals surface area contributed by atoms with Crippen LogP contribution in [0.25, 0.3) is 0 Å². The number of carbonyl (C=O) groups excluding carboxylic acids is 2. The first-order valence-corrected chi connectivity index (χ1v) is 4.93. The molecule has 15 heavy (non-hydrogen) atoms. The maximum Gasteiger partial charge on any atom is 0.338 e. The fourth-order valence-corrected chi connectivity index (χ4v) is 1.88. The van der Waals surface area contributed by atoms with Crippen molar-refractivity contribution in [2.75, 3.05) is 6.61 Å². The Balaban J connectivity index is 2.14. The van der Waals surface area contributed by atoms with Crippen molar-refractivity contribution in [2.24, 2.45) is 0 Å². The SMILES string of the molecule is CC(=O)OC1CCC=C1C1=CCOC1=O. The predicted molar refractivity (Wildman–Crippen MR) is 51.9 cm³/mol. The number of hydrogen-bond donors (Lipinski definition) is 0. The van der Waals surface area contributed by atoms with Crippen LogP contribution in [0.4, 0.5) is 0 Å². The molecule has 1 aliphatic heterocycles. The summed E-state index contributed by atoms with van der Waals surface area (Å²) in [4.78, 5) is 22.2. The summed E-state index contributed by atoms with van der Waals surface area (Å²) in [6.45, 7) is 1.69. The van der Waals surface area contributed by atoms with E-state index in [1.165, 1.54) is 6.92 Å².